The lowest BCUT2D eigenvalue weighted by molar-refractivity contribution is -0.384. The van der Waals surface area contributed by atoms with E-state index in [-0.39, 0.29) is 5.69 Å². The highest BCUT2D eigenvalue weighted by atomic mass is 16.6. The quantitative estimate of drug-likeness (QED) is 0.296. The van der Waals surface area contributed by atoms with E-state index in [4.69, 9.17) is 0 Å². The van der Waals surface area contributed by atoms with Crippen LogP contribution in [0.3, 0.4) is 0 Å². The van der Waals surface area contributed by atoms with E-state index < -0.39 is 4.92 Å². The molecule has 0 bridgehead atoms. The highest BCUT2D eigenvalue weighted by Gasteiger charge is 2.16. The Kier molecular flexibility index (Phi) is 4.71. The lowest BCUT2D eigenvalue weighted by atomic mass is 10.2. The van der Waals surface area contributed by atoms with Crippen molar-refractivity contribution in [3.05, 3.63) is 101 Å². The van der Waals surface area contributed by atoms with Crippen molar-refractivity contribution in [3.63, 3.8) is 0 Å². The molecule has 0 aliphatic carbocycles. The van der Waals surface area contributed by atoms with Crippen molar-refractivity contribution in [1.82, 2.24) is 14.9 Å². The minimum absolute atomic E-state index is 0.0193. The van der Waals surface area contributed by atoms with E-state index in [1.807, 2.05) is 60.7 Å². The predicted octanol–water partition coefficient (Wildman–Crippen LogP) is 4.40. The molecule has 7 heteroatoms. The van der Waals surface area contributed by atoms with Gasteiger partial charge >= 0.3 is 0 Å². The smallest absolute Gasteiger partial charge is 0.258 e. The summed E-state index contributed by atoms with van der Waals surface area (Å²) in [6.07, 6.45) is 1.73. The molecule has 0 spiro atoms. The maximum Gasteiger partial charge on any atom is 0.269 e. The zero-order valence-electron chi connectivity index (χ0n) is 14.7. The third-order valence-corrected chi connectivity index (χ3v) is 4.13. The summed E-state index contributed by atoms with van der Waals surface area (Å²) in [5.74, 6) is 1.09. The predicted molar refractivity (Wildman–Crippen MR) is 107 cm³/mol. The van der Waals surface area contributed by atoms with Crippen molar-refractivity contribution in [3.8, 4) is 22.8 Å². The van der Waals surface area contributed by atoms with E-state index in [9.17, 15) is 10.1 Å². The third kappa shape index (κ3) is 3.54. The average molecular weight is 369 g/mol. The molecule has 0 N–H and O–H groups in total. The Morgan fingerprint density at radius 2 is 1.32 bits per heavy atom. The Balaban J connectivity index is 1.81. The summed E-state index contributed by atoms with van der Waals surface area (Å²) in [4.78, 5) is 10.5. The maximum atomic E-state index is 10.9. The lowest BCUT2D eigenvalue weighted by Gasteiger charge is -2.05. The van der Waals surface area contributed by atoms with Crippen LogP contribution in [0.5, 0.6) is 0 Å². The van der Waals surface area contributed by atoms with Gasteiger partial charge < -0.3 is 0 Å². The van der Waals surface area contributed by atoms with Gasteiger partial charge in [0.1, 0.15) is 0 Å². The van der Waals surface area contributed by atoms with Gasteiger partial charge in [-0.05, 0) is 17.7 Å². The number of aromatic nitrogens is 3. The van der Waals surface area contributed by atoms with E-state index in [2.05, 4.69) is 15.3 Å². The third-order valence-electron chi connectivity index (χ3n) is 4.13. The number of nitrogens with zero attached hydrogens (tertiary/aromatic N) is 5. The second kappa shape index (κ2) is 7.63. The first kappa shape index (κ1) is 17.3. The van der Waals surface area contributed by atoms with Crippen LogP contribution in [0.4, 0.5) is 5.69 Å². The van der Waals surface area contributed by atoms with Crippen LogP contribution < -0.4 is 0 Å². The normalized spacial score (nSPS) is 11.0. The van der Waals surface area contributed by atoms with Crippen LogP contribution in [-0.4, -0.2) is 26.0 Å². The Morgan fingerprint density at radius 3 is 1.89 bits per heavy atom. The molecule has 0 saturated heterocycles. The first-order chi connectivity index (χ1) is 13.7. The second-order valence-corrected chi connectivity index (χ2v) is 5.98. The van der Waals surface area contributed by atoms with Gasteiger partial charge in [0.25, 0.3) is 5.69 Å². The molecule has 7 nitrogen and oxygen atoms in total. The van der Waals surface area contributed by atoms with E-state index in [0.717, 1.165) is 11.1 Å². The summed E-state index contributed by atoms with van der Waals surface area (Å²) < 4.78 is 1.64. The van der Waals surface area contributed by atoms with Crippen molar-refractivity contribution in [2.75, 3.05) is 0 Å². The molecule has 1 aromatic heterocycles. The largest absolute Gasteiger partial charge is 0.269 e. The highest BCUT2D eigenvalue weighted by Crippen LogP contribution is 2.26. The molecular weight excluding hydrogens is 354 g/mol. The van der Waals surface area contributed by atoms with Gasteiger partial charge in [-0.3, -0.25) is 10.1 Å². The zero-order valence-corrected chi connectivity index (χ0v) is 14.7. The molecule has 1 heterocycles. The number of hydrogen-bond acceptors (Lipinski definition) is 5. The Morgan fingerprint density at radius 1 is 0.786 bits per heavy atom. The van der Waals surface area contributed by atoms with Crippen LogP contribution in [-0.2, 0) is 0 Å². The molecular formula is C21H15N5O2. The average Bonchev–Trinajstić information content (AvgIpc) is 3.17. The van der Waals surface area contributed by atoms with Crippen LogP contribution in [0.25, 0.3) is 22.8 Å². The number of benzene rings is 3. The minimum Gasteiger partial charge on any atom is -0.258 e. The molecule has 4 rings (SSSR count). The highest BCUT2D eigenvalue weighted by molar-refractivity contribution is 5.80. The van der Waals surface area contributed by atoms with Crippen LogP contribution in [0, 0.1) is 10.1 Å². The van der Waals surface area contributed by atoms with E-state index in [1.165, 1.54) is 12.1 Å². The van der Waals surface area contributed by atoms with Crippen LogP contribution in [0.1, 0.15) is 5.56 Å². The maximum absolute atomic E-state index is 10.9. The number of rotatable bonds is 5. The van der Waals surface area contributed by atoms with Gasteiger partial charge in [0.15, 0.2) is 11.6 Å². The van der Waals surface area contributed by atoms with Gasteiger partial charge in [0.05, 0.1) is 11.1 Å². The van der Waals surface area contributed by atoms with Crippen LogP contribution in [0.2, 0.25) is 0 Å². The van der Waals surface area contributed by atoms with Gasteiger partial charge in [-0.2, -0.15) is 9.78 Å². The van der Waals surface area contributed by atoms with Crippen molar-refractivity contribution in [1.29, 1.82) is 0 Å². The molecule has 0 amide bonds. The van der Waals surface area contributed by atoms with Crippen molar-refractivity contribution in [2.24, 2.45) is 5.10 Å². The Labute approximate surface area is 160 Å². The molecule has 3 aromatic carbocycles. The molecule has 0 radical (unpaired) electrons. The van der Waals surface area contributed by atoms with E-state index in [0.29, 0.717) is 17.2 Å². The number of hydrogen-bond donors (Lipinski definition) is 0. The summed E-state index contributed by atoms with van der Waals surface area (Å²) in [5.41, 5.74) is 2.51. The fraction of sp³-hybridized carbons (Fsp3) is 0. The zero-order chi connectivity index (χ0) is 19.3. The molecule has 0 saturated carbocycles. The Hall–Kier alpha value is -4.13. The fourth-order valence-electron chi connectivity index (χ4n) is 2.73. The van der Waals surface area contributed by atoms with Gasteiger partial charge in [-0.15, -0.1) is 10.2 Å². The first-order valence-corrected chi connectivity index (χ1v) is 8.57. The number of non-ortho nitro benzene ring substituents is 1. The summed E-state index contributed by atoms with van der Waals surface area (Å²) >= 11 is 0. The lowest BCUT2D eigenvalue weighted by Crippen LogP contribution is -1.98. The van der Waals surface area contributed by atoms with Gasteiger partial charge in [0.2, 0.25) is 0 Å². The van der Waals surface area contributed by atoms with Crippen molar-refractivity contribution < 1.29 is 4.92 Å². The standard InChI is InChI=1S/C21H15N5O2/c27-26(28)19-13-11-18(12-14-19)21-24-23-20(17-9-5-2-6-10-17)25(21)22-15-16-7-3-1-4-8-16/h1-15H/b22-15+. The first-order valence-electron chi connectivity index (χ1n) is 8.57. The second-order valence-electron chi connectivity index (χ2n) is 5.98. The molecule has 0 aliphatic heterocycles. The number of nitro groups is 1. The van der Waals surface area contributed by atoms with Crippen molar-refractivity contribution in [2.45, 2.75) is 0 Å². The minimum atomic E-state index is -0.433. The molecule has 4 aromatic rings. The van der Waals surface area contributed by atoms with Crippen LogP contribution >= 0.6 is 0 Å². The SMILES string of the molecule is O=[N+]([O-])c1ccc(-c2nnc(-c3ccccc3)n2/N=C/c2ccccc2)cc1. The van der Waals surface area contributed by atoms with Crippen molar-refractivity contribution >= 4 is 11.9 Å². The topological polar surface area (TPSA) is 86.2 Å². The molecule has 0 aliphatic rings. The van der Waals surface area contributed by atoms with Gasteiger partial charge in [0, 0.05) is 23.3 Å². The molecule has 28 heavy (non-hydrogen) atoms. The van der Waals surface area contributed by atoms with E-state index >= 15 is 0 Å². The molecule has 0 fully saturated rings. The van der Waals surface area contributed by atoms with Gasteiger partial charge in [-0.1, -0.05) is 60.7 Å². The van der Waals surface area contributed by atoms with Gasteiger partial charge in [-0.25, -0.2) is 0 Å². The molecule has 0 unspecified atom stereocenters. The molecule has 0 atom stereocenters. The Bertz CT molecular complexity index is 1120. The van der Waals surface area contributed by atoms with Crippen LogP contribution in [0.15, 0.2) is 90.0 Å². The van der Waals surface area contributed by atoms with E-state index in [1.54, 1.807) is 23.0 Å². The molecule has 136 valence electrons. The summed E-state index contributed by atoms with van der Waals surface area (Å²) in [5, 5.41) is 24.1. The number of nitro benzene ring substituents is 1. The summed E-state index contributed by atoms with van der Waals surface area (Å²) in [6, 6.07) is 25.5. The monoisotopic (exact) mass is 369 g/mol. The summed E-state index contributed by atoms with van der Waals surface area (Å²) in [7, 11) is 0. The summed E-state index contributed by atoms with van der Waals surface area (Å²) in [6.45, 7) is 0. The fourth-order valence-corrected chi connectivity index (χ4v) is 2.73.